The van der Waals surface area contributed by atoms with Crippen LogP contribution in [0.15, 0.2) is 6.07 Å². The summed E-state index contributed by atoms with van der Waals surface area (Å²) >= 11 is 0. The number of hydrogen-bond donors (Lipinski definition) is 0. The lowest BCUT2D eigenvalue weighted by molar-refractivity contribution is 0.611. The van der Waals surface area contributed by atoms with E-state index in [0.717, 1.165) is 17.5 Å². The molecule has 68 valence electrons. The van der Waals surface area contributed by atoms with Crippen LogP contribution in [-0.2, 0) is 6.42 Å². The zero-order valence-electron chi connectivity index (χ0n) is 8.11. The highest BCUT2D eigenvalue weighted by Gasteiger charge is 2.10. The Hall–Kier alpha value is -1.36. The van der Waals surface area contributed by atoms with Crippen molar-refractivity contribution in [2.45, 2.75) is 27.2 Å². The first-order valence-electron chi connectivity index (χ1n) is 4.30. The van der Waals surface area contributed by atoms with Crippen molar-refractivity contribution in [3.8, 4) is 6.07 Å². The van der Waals surface area contributed by atoms with Crippen LogP contribution in [0, 0.1) is 31.0 Å². The van der Waals surface area contributed by atoms with Crippen LogP contribution >= 0.6 is 0 Å². The summed E-state index contributed by atoms with van der Waals surface area (Å²) in [6.45, 7) is 5.62. The van der Waals surface area contributed by atoms with Crippen LogP contribution in [0.1, 0.15) is 29.2 Å². The molecule has 0 unspecified atom stereocenters. The van der Waals surface area contributed by atoms with Gasteiger partial charge >= 0.3 is 0 Å². The lowest BCUT2D eigenvalue weighted by Gasteiger charge is -2.09. The van der Waals surface area contributed by atoms with Crippen molar-refractivity contribution < 1.29 is 4.39 Å². The van der Waals surface area contributed by atoms with Crippen molar-refractivity contribution in [1.29, 1.82) is 5.26 Å². The van der Waals surface area contributed by atoms with Gasteiger partial charge in [-0.15, -0.1) is 0 Å². The average Bonchev–Trinajstić information content (AvgIpc) is 2.12. The van der Waals surface area contributed by atoms with Crippen LogP contribution in [0.3, 0.4) is 0 Å². The molecular weight excluding hydrogens is 165 g/mol. The fraction of sp³-hybridized carbons (Fsp3) is 0.364. The molecule has 0 spiro atoms. The SMILES string of the molecule is CCc1c(C)cc(C#N)c(F)c1C. The highest BCUT2D eigenvalue weighted by molar-refractivity contribution is 5.44. The molecule has 0 aliphatic heterocycles. The van der Waals surface area contributed by atoms with Gasteiger partial charge in [0, 0.05) is 0 Å². The minimum Gasteiger partial charge on any atom is -0.205 e. The van der Waals surface area contributed by atoms with E-state index in [4.69, 9.17) is 5.26 Å². The molecular formula is C11H12FN. The maximum atomic E-state index is 13.4. The van der Waals surface area contributed by atoms with E-state index in [1.807, 2.05) is 19.9 Å². The van der Waals surface area contributed by atoms with E-state index < -0.39 is 0 Å². The molecule has 0 radical (unpaired) electrons. The maximum absolute atomic E-state index is 13.4. The molecule has 1 rings (SSSR count). The summed E-state index contributed by atoms with van der Waals surface area (Å²) in [7, 11) is 0. The first kappa shape index (κ1) is 9.73. The molecule has 1 aromatic carbocycles. The number of benzene rings is 1. The van der Waals surface area contributed by atoms with Gasteiger partial charge < -0.3 is 0 Å². The Labute approximate surface area is 77.8 Å². The molecule has 13 heavy (non-hydrogen) atoms. The van der Waals surface area contributed by atoms with E-state index >= 15 is 0 Å². The Balaban J connectivity index is 3.48. The van der Waals surface area contributed by atoms with E-state index in [2.05, 4.69) is 0 Å². The topological polar surface area (TPSA) is 23.8 Å². The summed E-state index contributed by atoms with van der Waals surface area (Å²) in [4.78, 5) is 0. The molecule has 0 heterocycles. The third kappa shape index (κ3) is 1.55. The standard InChI is InChI=1S/C11H12FN/c1-4-10-7(2)5-9(6-13)11(12)8(10)3/h5H,4H2,1-3H3. The second-order valence-electron chi connectivity index (χ2n) is 3.12. The van der Waals surface area contributed by atoms with Crippen LogP contribution in [0.4, 0.5) is 4.39 Å². The largest absolute Gasteiger partial charge is 0.205 e. The van der Waals surface area contributed by atoms with Crippen LogP contribution in [-0.4, -0.2) is 0 Å². The van der Waals surface area contributed by atoms with Crippen LogP contribution < -0.4 is 0 Å². The fourth-order valence-electron chi connectivity index (χ4n) is 1.62. The van der Waals surface area contributed by atoms with E-state index in [-0.39, 0.29) is 11.4 Å². The molecule has 1 nitrogen and oxygen atoms in total. The molecule has 0 saturated carbocycles. The van der Waals surface area contributed by atoms with Gasteiger partial charge in [-0.3, -0.25) is 0 Å². The van der Waals surface area contributed by atoms with Gasteiger partial charge in [-0.05, 0) is 43.0 Å². The van der Waals surface area contributed by atoms with Gasteiger partial charge in [-0.1, -0.05) is 6.92 Å². The van der Waals surface area contributed by atoms with Crippen LogP contribution in [0.2, 0.25) is 0 Å². The average molecular weight is 177 g/mol. The van der Waals surface area contributed by atoms with Crippen molar-refractivity contribution in [3.63, 3.8) is 0 Å². The van der Waals surface area contributed by atoms with Crippen molar-refractivity contribution in [3.05, 3.63) is 34.1 Å². The molecule has 0 atom stereocenters. The van der Waals surface area contributed by atoms with Gasteiger partial charge in [-0.2, -0.15) is 5.26 Å². The third-order valence-corrected chi connectivity index (χ3v) is 2.33. The second kappa shape index (κ2) is 3.57. The lowest BCUT2D eigenvalue weighted by Crippen LogP contribution is -1.98. The fourth-order valence-corrected chi connectivity index (χ4v) is 1.62. The monoisotopic (exact) mass is 177 g/mol. The van der Waals surface area contributed by atoms with E-state index in [1.54, 1.807) is 13.0 Å². The van der Waals surface area contributed by atoms with E-state index in [9.17, 15) is 4.39 Å². The highest BCUT2D eigenvalue weighted by atomic mass is 19.1. The van der Waals surface area contributed by atoms with Gasteiger partial charge in [0.25, 0.3) is 0 Å². The lowest BCUT2D eigenvalue weighted by atomic mass is 9.97. The quantitative estimate of drug-likeness (QED) is 0.647. The van der Waals surface area contributed by atoms with Gasteiger partial charge in [0.2, 0.25) is 0 Å². The van der Waals surface area contributed by atoms with Gasteiger partial charge in [0.1, 0.15) is 11.9 Å². The predicted molar refractivity (Wildman–Crippen MR) is 50.0 cm³/mol. The minimum atomic E-state index is -0.370. The van der Waals surface area contributed by atoms with Crippen molar-refractivity contribution in [1.82, 2.24) is 0 Å². The zero-order valence-corrected chi connectivity index (χ0v) is 8.11. The third-order valence-electron chi connectivity index (χ3n) is 2.33. The number of hydrogen-bond acceptors (Lipinski definition) is 1. The maximum Gasteiger partial charge on any atom is 0.144 e. The summed E-state index contributed by atoms with van der Waals surface area (Å²) < 4.78 is 13.4. The first-order chi connectivity index (χ1) is 6.11. The number of rotatable bonds is 1. The van der Waals surface area contributed by atoms with Crippen LogP contribution in [0.25, 0.3) is 0 Å². The minimum absolute atomic E-state index is 0.146. The Kier molecular flexibility index (Phi) is 2.67. The predicted octanol–water partition coefficient (Wildman–Crippen LogP) is 2.88. The normalized spacial score (nSPS) is 9.77. The highest BCUT2D eigenvalue weighted by Crippen LogP contribution is 2.20. The molecule has 2 heteroatoms. The van der Waals surface area contributed by atoms with Gasteiger partial charge in [-0.25, -0.2) is 4.39 Å². The summed E-state index contributed by atoms with van der Waals surface area (Å²) in [5.74, 6) is -0.370. The van der Waals surface area contributed by atoms with Crippen molar-refractivity contribution >= 4 is 0 Å². The van der Waals surface area contributed by atoms with E-state index in [1.165, 1.54) is 0 Å². The molecule has 0 bridgehead atoms. The molecule has 0 N–H and O–H groups in total. The molecule has 0 fully saturated rings. The summed E-state index contributed by atoms with van der Waals surface area (Å²) in [6.07, 6.45) is 0.806. The zero-order chi connectivity index (χ0) is 10.0. The number of aryl methyl sites for hydroxylation is 1. The van der Waals surface area contributed by atoms with E-state index in [0.29, 0.717) is 5.56 Å². The number of halogens is 1. The molecule has 0 amide bonds. The number of nitrogens with zero attached hydrogens (tertiary/aromatic N) is 1. The summed E-state index contributed by atoms with van der Waals surface area (Å²) in [5, 5.41) is 8.64. The van der Waals surface area contributed by atoms with Gasteiger partial charge in [0.05, 0.1) is 5.56 Å². The molecule has 0 aliphatic rings. The second-order valence-corrected chi connectivity index (χ2v) is 3.12. The van der Waals surface area contributed by atoms with Crippen molar-refractivity contribution in [2.24, 2.45) is 0 Å². The Morgan fingerprint density at radius 3 is 2.54 bits per heavy atom. The molecule has 1 aromatic rings. The molecule has 0 saturated heterocycles. The van der Waals surface area contributed by atoms with Crippen molar-refractivity contribution in [2.75, 3.05) is 0 Å². The number of nitriles is 1. The smallest absolute Gasteiger partial charge is 0.144 e. The van der Waals surface area contributed by atoms with Crippen LogP contribution in [0.5, 0.6) is 0 Å². The Bertz CT molecular complexity index is 371. The molecule has 0 aliphatic carbocycles. The van der Waals surface area contributed by atoms with Gasteiger partial charge in [0.15, 0.2) is 0 Å². The Morgan fingerprint density at radius 1 is 1.46 bits per heavy atom. The molecule has 0 aromatic heterocycles. The summed E-state index contributed by atoms with van der Waals surface area (Å²) in [5.41, 5.74) is 2.76. The first-order valence-corrected chi connectivity index (χ1v) is 4.30. The Morgan fingerprint density at radius 2 is 2.08 bits per heavy atom. The summed E-state index contributed by atoms with van der Waals surface area (Å²) in [6, 6.07) is 3.47.